The second-order valence-electron chi connectivity index (χ2n) is 23.6. The van der Waals surface area contributed by atoms with Crippen molar-refractivity contribution in [2.24, 2.45) is 41.4 Å². The van der Waals surface area contributed by atoms with Gasteiger partial charge in [0.05, 0.1) is 47.8 Å². The third kappa shape index (κ3) is 13.6. The summed E-state index contributed by atoms with van der Waals surface area (Å²) < 4.78 is 33.4. The van der Waals surface area contributed by atoms with E-state index in [1.54, 1.807) is 19.1 Å². The van der Waals surface area contributed by atoms with Crippen LogP contribution in [0.2, 0.25) is 0 Å². The van der Waals surface area contributed by atoms with Gasteiger partial charge in [0.1, 0.15) is 11.9 Å². The first kappa shape index (κ1) is 64.5. The molecule has 0 radical (unpaired) electrons. The Morgan fingerprint density at radius 3 is 2.03 bits per heavy atom. The van der Waals surface area contributed by atoms with Gasteiger partial charge in [-0.05, 0) is 144 Å². The second-order valence-corrected chi connectivity index (χ2v) is 23.6. The summed E-state index contributed by atoms with van der Waals surface area (Å²) in [6.45, 7) is 20.6. The van der Waals surface area contributed by atoms with Crippen LogP contribution in [0.25, 0.3) is 17.7 Å². The zero-order valence-corrected chi connectivity index (χ0v) is 50.9. The minimum Gasteiger partial charge on any atom is -0.550 e. The van der Waals surface area contributed by atoms with Crippen molar-refractivity contribution in [3.05, 3.63) is 89.0 Å². The minimum atomic E-state index is -1.37. The summed E-state index contributed by atoms with van der Waals surface area (Å²) in [7, 11) is 4.24. The van der Waals surface area contributed by atoms with Crippen LogP contribution in [0, 0.1) is 41.4 Å². The number of carbonyl (C=O) groups excluding carboxylic acids is 2. The van der Waals surface area contributed by atoms with Gasteiger partial charge in [-0.3, -0.25) is 4.79 Å². The van der Waals surface area contributed by atoms with E-state index in [0.717, 1.165) is 19.4 Å². The molecule has 0 saturated carbocycles. The van der Waals surface area contributed by atoms with Gasteiger partial charge >= 0.3 is 29.6 Å². The summed E-state index contributed by atoms with van der Waals surface area (Å²) in [5.74, 6) is -6.24. The number of carboxylic acid groups (broad SMARTS) is 1. The van der Waals surface area contributed by atoms with Crippen LogP contribution in [0.3, 0.4) is 0 Å². The fourth-order valence-corrected chi connectivity index (χ4v) is 13.3. The van der Waals surface area contributed by atoms with Crippen molar-refractivity contribution in [3.8, 4) is 0 Å². The predicted octanol–water partition coefficient (Wildman–Crippen LogP) is 6.83. The monoisotopic (exact) mass is 1080 g/mol. The Bertz CT molecular complexity index is 2290. The Labute approximate surface area is 483 Å². The molecule has 418 valence electrons. The molecular formula is C62H91ClNNaO11. The van der Waals surface area contributed by atoms with Crippen molar-refractivity contribution in [1.82, 2.24) is 4.90 Å². The molecule has 18 unspecified atom stereocenters. The number of hydrogen-bond donors (Lipinski definition) is 3. The Balaban J connectivity index is 0.000000386. The number of aliphatic carboxylic acids is 1. The SMILES string of the molecule is CCC(C(=O)[O-])C1CCC(C)C(C(C)C(O)C(C)C(=O)C(CC)C2OC3(C=CC(O)C4(CCC(C)(C5CCC(O)(CC)C(C)O5)O4)O3)C(C)CC2C)O1.CN(C)CCC=C1c2ccccc2C=Cc2ccccc21.Cl.[Na+]. The molecule has 76 heavy (non-hydrogen) atoms. The first-order valence-corrected chi connectivity index (χ1v) is 28.2. The second kappa shape index (κ2) is 27.0. The number of hydrogen-bond acceptors (Lipinski definition) is 12. The molecule has 0 bridgehead atoms. The molecule has 2 aromatic carbocycles. The zero-order valence-electron chi connectivity index (χ0n) is 48.0. The Hall–Kier alpha value is -2.27. The average molecular weight is 1080 g/mol. The van der Waals surface area contributed by atoms with Crippen LogP contribution in [0.4, 0.5) is 0 Å². The van der Waals surface area contributed by atoms with Gasteiger partial charge in [-0.15, -0.1) is 12.4 Å². The molecule has 12 nitrogen and oxygen atoms in total. The molecule has 0 aromatic heterocycles. The van der Waals surface area contributed by atoms with E-state index in [1.165, 1.54) is 27.8 Å². The number of ether oxygens (including phenoxy) is 5. The van der Waals surface area contributed by atoms with Gasteiger partial charge in [-0.25, -0.2) is 0 Å². The van der Waals surface area contributed by atoms with Gasteiger partial charge in [0.2, 0.25) is 5.79 Å². The molecule has 14 heteroatoms. The minimum absolute atomic E-state index is 0. The summed E-state index contributed by atoms with van der Waals surface area (Å²) in [6.07, 6.45) is 13.1. The molecule has 18 atom stereocenters. The van der Waals surface area contributed by atoms with Crippen molar-refractivity contribution in [2.75, 3.05) is 20.6 Å². The normalized spacial score (nSPS) is 35.7. The van der Waals surface area contributed by atoms with Crippen LogP contribution >= 0.6 is 12.4 Å². The van der Waals surface area contributed by atoms with Crippen molar-refractivity contribution in [3.63, 3.8) is 0 Å². The maximum absolute atomic E-state index is 14.4. The van der Waals surface area contributed by atoms with Crippen LogP contribution in [-0.2, 0) is 33.3 Å². The molecular weight excluding hydrogens is 993 g/mol. The number of halogens is 1. The largest absolute Gasteiger partial charge is 1.00 e. The van der Waals surface area contributed by atoms with Crippen LogP contribution in [0.1, 0.15) is 162 Å². The number of ketones is 1. The van der Waals surface area contributed by atoms with Crippen molar-refractivity contribution >= 4 is 41.9 Å². The van der Waals surface area contributed by atoms with Crippen LogP contribution in [-0.4, -0.2) is 118 Å². The quantitative estimate of drug-likeness (QED) is 0.107. The number of aliphatic hydroxyl groups excluding tert-OH is 2. The molecule has 1 aliphatic carbocycles. The first-order chi connectivity index (χ1) is 35.1. The van der Waals surface area contributed by atoms with Gasteiger partial charge in [-0.2, -0.15) is 0 Å². The topological polar surface area (TPSA) is 167 Å². The molecule has 6 aliphatic rings. The number of aliphatic hydroxyl groups is 3. The van der Waals surface area contributed by atoms with E-state index in [2.05, 4.69) is 107 Å². The van der Waals surface area contributed by atoms with Crippen molar-refractivity contribution in [1.29, 1.82) is 0 Å². The Morgan fingerprint density at radius 2 is 1.46 bits per heavy atom. The molecule has 4 saturated heterocycles. The standard InChI is InChI=1S/C42H70O11.C20H21N.ClH.Na/c1-11-29(38(46)47)31-15-14-23(4)36(50-31)27(8)34(44)26(7)35(45)30(12-2)37-24(5)22-25(6)41(51-37)19-16-32(43)42(53-41)21-20-39(10,52-42)33-17-18-40(48,13-3)28(9)49-33;1-21(2)15-7-12-20-18-10-5-3-8-16(18)13-14-17-9-4-6-11-19(17)20;;/h16,19,23-34,36-37,43-44,48H,11-15,17-18,20-22H2,1-10H3,(H,46,47);3-6,8-14H,7,15H2,1-2H3;1H;/q;;;+1/p-1. The van der Waals surface area contributed by atoms with E-state index in [0.29, 0.717) is 57.8 Å². The number of carbonyl (C=O) groups is 2. The van der Waals surface area contributed by atoms with Crippen LogP contribution < -0.4 is 34.7 Å². The van der Waals surface area contributed by atoms with Gasteiger partial charge in [0.15, 0.2) is 5.79 Å². The molecule has 0 amide bonds. The molecule has 2 spiro atoms. The summed E-state index contributed by atoms with van der Waals surface area (Å²) >= 11 is 0. The number of carboxylic acids is 1. The first-order valence-electron chi connectivity index (χ1n) is 28.2. The summed E-state index contributed by atoms with van der Waals surface area (Å²) in [6, 6.07) is 17.3. The number of benzene rings is 2. The van der Waals surface area contributed by atoms with E-state index >= 15 is 0 Å². The average Bonchev–Trinajstić information content (AvgIpc) is 3.64. The van der Waals surface area contributed by atoms with Gasteiger partial charge < -0.3 is 53.8 Å². The third-order valence-electron chi connectivity index (χ3n) is 18.3. The Morgan fingerprint density at radius 1 is 0.842 bits per heavy atom. The van der Waals surface area contributed by atoms with Gasteiger partial charge in [-0.1, -0.05) is 122 Å². The fraction of sp³-hybridized carbons (Fsp3) is 0.677. The number of fused-ring (bicyclic) bond motifs is 2. The number of nitrogens with zero attached hydrogens (tertiary/aromatic N) is 1. The molecule has 4 fully saturated rings. The molecule has 3 N–H and O–H groups in total. The summed E-state index contributed by atoms with van der Waals surface area (Å²) in [5.41, 5.74) is 4.97. The van der Waals surface area contributed by atoms with E-state index in [4.69, 9.17) is 23.7 Å². The van der Waals surface area contributed by atoms with Crippen molar-refractivity contribution < 1.29 is 83.3 Å². The molecule has 5 heterocycles. The Kier molecular flexibility index (Phi) is 22.9. The van der Waals surface area contributed by atoms with E-state index < -0.39 is 82.9 Å². The fourth-order valence-electron chi connectivity index (χ4n) is 13.3. The molecule has 5 aliphatic heterocycles. The third-order valence-corrected chi connectivity index (χ3v) is 18.3. The van der Waals surface area contributed by atoms with E-state index in [9.17, 15) is 30.0 Å². The predicted molar refractivity (Wildman–Crippen MR) is 295 cm³/mol. The molecule has 2 aromatic rings. The number of Topliss-reactive ketones (excluding diaryl/α,β-unsaturated/α-hetero) is 1. The number of rotatable bonds is 15. The summed E-state index contributed by atoms with van der Waals surface area (Å²) in [5, 5.41) is 46.0. The van der Waals surface area contributed by atoms with E-state index in [-0.39, 0.29) is 77.7 Å². The maximum atomic E-state index is 14.4. The van der Waals surface area contributed by atoms with Gasteiger partial charge in [0.25, 0.3) is 0 Å². The smallest absolute Gasteiger partial charge is 0.550 e. The maximum Gasteiger partial charge on any atom is 1.00 e. The van der Waals surface area contributed by atoms with Gasteiger partial charge in [0, 0.05) is 48.5 Å². The van der Waals surface area contributed by atoms with Crippen LogP contribution in [0.5, 0.6) is 0 Å². The van der Waals surface area contributed by atoms with E-state index in [1.807, 2.05) is 41.5 Å². The van der Waals surface area contributed by atoms with Crippen molar-refractivity contribution in [2.45, 2.75) is 205 Å². The summed E-state index contributed by atoms with van der Waals surface area (Å²) in [4.78, 5) is 28.5. The van der Waals surface area contributed by atoms with Crippen LogP contribution in [0.15, 0.2) is 66.8 Å². The molecule has 8 rings (SSSR count). The zero-order chi connectivity index (χ0) is 53.9.